The summed E-state index contributed by atoms with van der Waals surface area (Å²) in [6.45, 7) is -0.0791. The van der Waals surface area contributed by atoms with Crippen molar-refractivity contribution in [2.24, 2.45) is 0 Å². The SMILES string of the molecule is O=C(CCC(F)(F)C(F)(F)F)NCc1cccnn1. The van der Waals surface area contributed by atoms with Crippen LogP contribution in [0, 0.1) is 0 Å². The van der Waals surface area contributed by atoms with E-state index in [0.717, 1.165) is 0 Å². The van der Waals surface area contributed by atoms with Crippen LogP contribution >= 0.6 is 0 Å². The molecule has 1 aromatic rings. The van der Waals surface area contributed by atoms with E-state index in [9.17, 15) is 26.7 Å². The second-order valence-corrected chi connectivity index (χ2v) is 3.69. The largest absolute Gasteiger partial charge is 0.453 e. The van der Waals surface area contributed by atoms with Crippen LogP contribution in [0.4, 0.5) is 22.0 Å². The number of alkyl halides is 5. The summed E-state index contributed by atoms with van der Waals surface area (Å²) >= 11 is 0. The van der Waals surface area contributed by atoms with Crippen LogP contribution < -0.4 is 5.32 Å². The Morgan fingerprint density at radius 2 is 1.95 bits per heavy atom. The van der Waals surface area contributed by atoms with Gasteiger partial charge in [0, 0.05) is 19.0 Å². The molecule has 0 aliphatic heterocycles. The lowest BCUT2D eigenvalue weighted by atomic mass is 10.1. The van der Waals surface area contributed by atoms with E-state index in [4.69, 9.17) is 0 Å². The van der Waals surface area contributed by atoms with Gasteiger partial charge in [0.1, 0.15) is 0 Å². The molecule has 0 aromatic carbocycles. The van der Waals surface area contributed by atoms with Crippen LogP contribution in [0.2, 0.25) is 0 Å². The van der Waals surface area contributed by atoms with Gasteiger partial charge < -0.3 is 5.32 Å². The van der Waals surface area contributed by atoms with Gasteiger partial charge in [-0.15, -0.1) is 0 Å². The minimum atomic E-state index is -5.64. The molecule has 0 spiro atoms. The zero-order valence-corrected chi connectivity index (χ0v) is 9.55. The Balaban J connectivity index is 2.37. The van der Waals surface area contributed by atoms with Crippen molar-refractivity contribution in [1.82, 2.24) is 15.5 Å². The molecule has 1 heterocycles. The minimum absolute atomic E-state index is 0.0791. The fourth-order valence-electron chi connectivity index (χ4n) is 1.12. The van der Waals surface area contributed by atoms with E-state index < -0.39 is 30.8 Å². The number of amides is 1. The minimum Gasteiger partial charge on any atom is -0.350 e. The molecule has 19 heavy (non-hydrogen) atoms. The third-order valence-corrected chi connectivity index (χ3v) is 2.17. The van der Waals surface area contributed by atoms with Crippen LogP contribution in [0.1, 0.15) is 18.5 Å². The first-order valence-electron chi connectivity index (χ1n) is 5.20. The van der Waals surface area contributed by atoms with Crippen molar-refractivity contribution in [3.8, 4) is 0 Å². The predicted molar refractivity (Wildman–Crippen MR) is 54.1 cm³/mol. The van der Waals surface area contributed by atoms with Crippen molar-refractivity contribution in [1.29, 1.82) is 0 Å². The Kier molecular flexibility index (Phi) is 4.73. The molecular weight excluding hydrogens is 273 g/mol. The Labute approximate surface area is 105 Å². The number of aromatic nitrogens is 2. The number of rotatable bonds is 5. The Bertz CT molecular complexity index is 421. The Morgan fingerprint density at radius 1 is 1.26 bits per heavy atom. The van der Waals surface area contributed by atoms with Gasteiger partial charge in [-0.3, -0.25) is 4.79 Å². The number of hydrogen-bond acceptors (Lipinski definition) is 3. The van der Waals surface area contributed by atoms with Crippen molar-refractivity contribution < 1.29 is 26.7 Å². The first-order chi connectivity index (χ1) is 8.72. The maximum absolute atomic E-state index is 12.5. The fourth-order valence-corrected chi connectivity index (χ4v) is 1.12. The molecule has 0 unspecified atom stereocenters. The molecule has 1 rings (SSSR count). The maximum Gasteiger partial charge on any atom is 0.453 e. The molecule has 0 aliphatic rings. The third-order valence-electron chi connectivity index (χ3n) is 2.17. The van der Waals surface area contributed by atoms with Gasteiger partial charge in [0.25, 0.3) is 0 Å². The quantitative estimate of drug-likeness (QED) is 0.842. The van der Waals surface area contributed by atoms with Gasteiger partial charge in [0.2, 0.25) is 5.91 Å². The van der Waals surface area contributed by atoms with Crippen LogP contribution in [0.3, 0.4) is 0 Å². The average Bonchev–Trinajstić information content (AvgIpc) is 2.34. The van der Waals surface area contributed by atoms with Crippen molar-refractivity contribution >= 4 is 5.91 Å². The van der Waals surface area contributed by atoms with Crippen LogP contribution in [0.5, 0.6) is 0 Å². The molecule has 0 saturated heterocycles. The Morgan fingerprint density at radius 3 is 2.47 bits per heavy atom. The van der Waals surface area contributed by atoms with Crippen molar-refractivity contribution in [2.75, 3.05) is 0 Å². The van der Waals surface area contributed by atoms with E-state index in [1.807, 2.05) is 0 Å². The summed E-state index contributed by atoms with van der Waals surface area (Å²) in [5.41, 5.74) is 0.374. The van der Waals surface area contributed by atoms with Crippen LogP contribution in [-0.2, 0) is 11.3 Å². The number of carbonyl (C=O) groups is 1. The number of nitrogens with zero attached hydrogens (tertiary/aromatic N) is 2. The molecule has 1 amide bonds. The first-order valence-corrected chi connectivity index (χ1v) is 5.20. The highest BCUT2D eigenvalue weighted by Crippen LogP contribution is 2.38. The molecule has 0 fully saturated rings. The Hall–Kier alpha value is -1.80. The molecule has 0 atom stereocenters. The normalized spacial score (nSPS) is 12.3. The van der Waals surface area contributed by atoms with E-state index >= 15 is 0 Å². The molecule has 9 heteroatoms. The van der Waals surface area contributed by atoms with Gasteiger partial charge in [-0.05, 0) is 12.1 Å². The summed E-state index contributed by atoms with van der Waals surface area (Å²) in [5.74, 6) is -5.77. The second-order valence-electron chi connectivity index (χ2n) is 3.69. The van der Waals surface area contributed by atoms with Crippen LogP contribution in [0.25, 0.3) is 0 Å². The molecule has 0 radical (unpaired) electrons. The molecule has 0 saturated carbocycles. The highest BCUT2D eigenvalue weighted by atomic mass is 19.4. The van der Waals surface area contributed by atoms with E-state index in [2.05, 4.69) is 15.5 Å². The van der Waals surface area contributed by atoms with Gasteiger partial charge in [-0.25, -0.2) is 0 Å². The smallest absolute Gasteiger partial charge is 0.350 e. The van der Waals surface area contributed by atoms with Crippen molar-refractivity contribution in [2.45, 2.75) is 31.5 Å². The lowest BCUT2D eigenvalue weighted by Crippen LogP contribution is -2.37. The van der Waals surface area contributed by atoms with E-state index in [0.29, 0.717) is 5.69 Å². The lowest BCUT2D eigenvalue weighted by molar-refractivity contribution is -0.284. The monoisotopic (exact) mass is 283 g/mol. The van der Waals surface area contributed by atoms with E-state index in [1.165, 1.54) is 12.3 Å². The van der Waals surface area contributed by atoms with Gasteiger partial charge in [-0.2, -0.15) is 32.1 Å². The summed E-state index contributed by atoms with van der Waals surface area (Å²) in [6, 6.07) is 3.07. The summed E-state index contributed by atoms with van der Waals surface area (Å²) < 4.78 is 60.6. The molecule has 4 nitrogen and oxygen atoms in total. The van der Waals surface area contributed by atoms with Crippen molar-refractivity contribution in [3.63, 3.8) is 0 Å². The lowest BCUT2D eigenvalue weighted by Gasteiger charge is -2.18. The highest BCUT2D eigenvalue weighted by molar-refractivity contribution is 5.75. The average molecular weight is 283 g/mol. The zero-order chi connectivity index (χ0) is 14.5. The number of halogens is 5. The number of nitrogens with one attached hydrogen (secondary N) is 1. The van der Waals surface area contributed by atoms with E-state index in [-0.39, 0.29) is 6.54 Å². The van der Waals surface area contributed by atoms with Gasteiger partial charge >= 0.3 is 12.1 Å². The molecule has 106 valence electrons. The first kappa shape index (κ1) is 15.3. The zero-order valence-electron chi connectivity index (χ0n) is 9.55. The number of hydrogen-bond donors (Lipinski definition) is 1. The van der Waals surface area contributed by atoms with E-state index in [1.54, 1.807) is 6.07 Å². The predicted octanol–water partition coefficient (Wildman–Crippen LogP) is 2.07. The third kappa shape index (κ3) is 4.76. The molecule has 1 N–H and O–H groups in total. The number of carbonyl (C=O) groups excluding carboxylic acids is 1. The molecule has 0 aliphatic carbocycles. The van der Waals surface area contributed by atoms with Gasteiger partial charge in [0.15, 0.2) is 0 Å². The van der Waals surface area contributed by atoms with Crippen LogP contribution in [-0.4, -0.2) is 28.2 Å². The second kappa shape index (κ2) is 5.89. The van der Waals surface area contributed by atoms with Gasteiger partial charge in [0.05, 0.1) is 12.2 Å². The highest BCUT2D eigenvalue weighted by Gasteiger charge is 2.56. The summed E-state index contributed by atoms with van der Waals surface area (Å²) in [7, 11) is 0. The van der Waals surface area contributed by atoms with Crippen molar-refractivity contribution in [3.05, 3.63) is 24.0 Å². The van der Waals surface area contributed by atoms with Crippen LogP contribution in [0.15, 0.2) is 18.3 Å². The maximum atomic E-state index is 12.5. The summed E-state index contributed by atoms with van der Waals surface area (Å²) in [6.07, 6.45) is -6.75. The topological polar surface area (TPSA) is 54.9 Å². The summed E-state index contributed by atoms with van der Waals surface area (Å²) in [4.78, 5) is 11.1. The fraction of sp³-hybridized carbons (Fsp3) is 0.500. The molecule has 1 aromatic heterocycles. The molecular formula is C10H10F5N3O. The van der Waals surface area contributed by atoms with Gasteiger partial charge in [-0.1, -0.05) is 0 Å². The standard InChI is InChI=1S/C10H10F5N3O/c11-9(12,10(13,14)15)4-3-8(19)16-6-7-2-1-5-17-18-7/h1-2,5H,3-4,6H2,(H,16,19). The molecule has 0 bridgehead atoms. The summed E-state index contributed by atoms with van der Waals surface area (Å²) in [5, 5.41) is 9.30.